The van der Waals surface area contributed by atoms with E-state index in [-0.39, 0.29) is 5.91 Å². The van der Waals surface area contributed by atoms with Crippen LogP contribution in [-0.2, 0) is 4.79 Å². The summed E-state index contributed by atoms with van der Waals surface area (Å²) in [5.41, 5.74) is 5.32. The van der Waals surface area contributed by atoms with Gasteiger partial charge < -0.3 is 11.1 Å². The van der Waals surface area contributed by atoms with Gasteiger partial charge in [-0.2, -0.15) is 0 Å². The maximum atomic E-state index is 10.4. The lowest BCUT2D eigenvalue weighted by molar-refractivity contribution is -0.118. The van der Waals surface area contributed by atoms with E-state index in [1.165, 1.54) is 6.42 Å². The van der Waals surface area contributed by atoms with Crippen LogP contribution in [0.3, 0.4) is 0 Å². The summed E-state index contributed by atoms with van der Waals surface area (Å²) >= 11 is 0. The van der Waals surface area contributed by atoms with E-state index < -0.39 is 0 Å². The van der Waals surface area contributed by atoms with Crippen molar-refractivity contribution in [2.45, 2.75) is 32.6 Å². The van der Waals surface area contributed by atoms with E-state index in [0.29, 0.717) is 0 Å². The fourth-order valence-electron chi connectivity index (χ4n) is 0.887. The van der Waals surface area contributed by atoms with Gasteiger partial charge in [-0.05, 0) is 19.4 Å². The Morgan fingerprint density at radius 1 is 1.27 bits per heavy atom. The summed E-state index contributed by atoms with van der Waals surface area (Å²) in [5.74, 6) is 0.0591. The Morgan fingerprint density at radius 3 is 2.45 bits per heavy atom. The van der Waals surface area contributed by atoms with Gasteiger partial charge in [-0.15, -0.1) is 0 Å². The Hall–Kier alpha value is -0.570. The first kappa shape index (κ1) is 10.4. The van der Waals surface area contributed by atoms with E-state index in [0.717, 1.165) is 32.4 Å². The van der Waals surface area contributed by atoms with Crippen molar-refractivity contribution < 1.29 is 4.79 Å². The minimum absolute atomic E-state index is 0.0591. The van der Waals surface area contributed by atoms with Crippen LogP contribution < -0.4 is 11.1 Å². The molecule has 3 heteroatoms. The van der Waals surface area contributed by atoms with Crippen molar-refractivity contribution in [2.75, 3.05) is 13.1 Å². The van der Waals surface area contributed by atoms with Crippen molar-refractivity contribution in [2.24, 2.45) is 5.73 Å². The van der Waals surface area contributed by atoms with Crippen LogP contribution in [0, 0.1) is 0 Å². The first-order valence-corrected chi connectivity index (χ1v) is 4.22. The Morgan fingerprint density at radius 2 is 1.91 bits per heavy atom. The van der Waals surface area contributed by atoms with Gasteiger partial charge in [0.2, 0.25) is 5.91 Å². The monoisotopic (exact) mass is 158 g/mol. The number of carbonyl (C=O) groups is 1. The quantitative estimate of drug-likeness (QED) is 0.557. The first-order valence-electron chi connectivity index (χ1n) is 4.22. The average Bonchev–Trinajstić information content (AvgIpc) is 1.96. The molecule has 66 valence electrons. The highest BCUT2D eigenvalue weighted by atomic mass is 16.1. The van der Waals surface area contributed by atoms with Crippen LogP contribution in [0.25, 0.3) is 0 Å². The van der Waals surface area contributed by atoms with Gasteiger partial charge in [0.1, 0.15) is 0 Å². The summed E-state index contributed by atoms with van der Waals surface area (Å²) in [6.45, 7) is 3.12. The number of hydrogen-bond donors (Lipinski definition) is 2. The molecule has 3 nitrogen and oxygen atoms in total. The summed E-state index contributed by atoms with van der Waals surface area (Å²) in [5, 5.41) is 2.75. The summed E-state index contributed by atoms with van der Waals surface area (Å²) in [6.07, 6.45) is 4.51. The van der Waals surface area contributed by atoms with Gasteiger partial charge >= 0.3 is 0 Å². The Bertz CT molecular complexity index is 104. The predicted molar refractivity (Wildman–Crippen MR) is 46.2 cm³/mol. The molecule has 0 aliphatic heterocycles. The van der Waals surface area contributed by atoms with Crippen LogP contribution in [0.1, 0.15) is 32.6 Å². The molecular formula is C8H18N2O. The van der Waals surface area contributed by atoms with E-state index in [2.05, 4.69) is 5.32 Å². The topological polar surface area (TPSA) is 55.1 Å². The zero-order chi connectivity index (χ0) is 8.53. The van der Waals surface area contributed by atoms with Gasteiger partial charge in [-0.3, -0.25) is 4.79 Å². The average molecular weight is 158 g/mol. The maximum absolute atomic E-state index is 10.4. The molecule has 0 aromatic carbocycles. The summed E-state index contributed by atoms with van der Waals surface area (Å²) in [6, 6.07) is 0. The van der Waals surface area contributed by atoms with E-state index in [1.54, 1.807) is 6.92 Å². The number of unbranched alkanes of at least 4 members (excludes halogenated alkanes) is 3. The zero-order valence-electron chi connectivity index (χ0n) is 7.23. The molecular weight excluding hydrogens is 140 g/mol. The second-order valence-corrected chi connectivity index (χ2v) is 2.69. The first-order chi connectivity index (χ1) is 5.27. The van der Waals surface area contributed by atoms with E-state index >= 15 is 0 Å². The van der Waals surface area contributed by atoms with Crippen molar-refractivity contribution >= 4 is 5.91 Å². The molecule has 1 amide bonds. The molecule has 0 saturated heterocycles. The molecule has 3 N–H and O–H groups in total. The normalized spacial score (nSPS) is 9.64. The smallest absolute Gasteiger partial charge is 0.216 e. The lowest BCUT2D eigenvalue weighted by atomic mass is 10.2. The fraction of sp³-hybridized carbons (Fsp3) is 0.875. The number of hydrogen-bond acceptors (Lipinski definition) is 2. The van der Waals surface area contributed by atoms with Crippen molar-refractivity contribution in [3.05, 3.63) is 0 Å². The zero-order valence-corrected chi connectivity index (χ0v) is 7.23. The van der Waals surface area contributed by atoms with Crippen molar-refractivity contribution in [1.82, 2.24) is 5.32 Å². The van der Waals surface area contributed by atoms with E-state index in [4.69, 9.17) is 5.73 Å². The van der Waals surface area contributed by atoms with Crippen molar-refractivity contribution in [1.29, 1.82) is 0 Å². The molecule has 0 heterocycles. The SMILES string of the molecule is CC(=O)NCCCCCCN. The van der Waals surface area contributed by atoms with Gasteiger partial charge in [0.15, 0.2) is 0 Å². The molecule has 11 heavy (non-hydrogen) atoms. The van der Waals surface area contributed by atoms with Crippen LogP contribution in [0.5, 0.6) is 0 Å². The van der Waals surface area contributed by atoms with Crippen LogP contribution >= 0.6 is 0 Å². The fourth-order valence-corrected chi connectivity index (χ4v) is 0.887. The number of amides is 1. The highest BCUT2D eigenvalue weighted by Crippen LogP contribution is 1.96. The largest absolute Gasteiger partial charge is 0.356 e. The molecule has 0 aliphatic rings. The second kappa shape index (κ2) is 7.54. The third kappa shape index (κ3) is 9.43. The molecule has 0 unspecified atom stereocenters. The second-order valence-electron chi connectivity index (χ2n) is 2.69. The molecule has 0 radical (unpaired) electrons. The summed E-state index contributed by atoms with van der Waals surface area (Å²) < 4.78 is 0. The van der Waals surface area contributed by atoms with Gasteiger partial charge in [0, 0.05) is 13.5 Å². The van der Waals surface area contributed by atoms with Crippen molar-refractivity contribution in [3.8, 4) is 0 Å². The van der Waals surface area contributed by atoms with E-state index in [1.807, 2.05) is 0 Å². The molecule has 0 bridgehead atoms. The number of carbonyl (C=O) groups excluding carboxylic acids is 1. The molecule has 0 atom stereocenters. The molecule has 0 aliphatic carbocycles. The third-order valence-electron chi connectivity index (χ3n) is 1.50. The van der Waals surface area contributed by atoms with Crippen molar-refractivity contribution in [3.63, 3.8) is 0 Å². The molecule has 0 aromatic heterocycles. The van der Waals surface area contributed by atoms with E-state index in [9.17, 15) is 4.79 Å². The molecule has 0 fully saturated rings. The lowest BCUT2D eigenvalue weighted by Gasteiger charge is -2.00. The number of rotatable bonds is 6. The van der Waals surface area contributed by atoms with Crippen LogP contribution in [0.4, 0.5) is 0 Å². The van der Waals surface area contributed by atoms with Gasteiger partial charge in [-0.25, -0.2) is 0 Å². The minimum atomic E-state index is 0.0591. The van der Waals surface area contributed by atoms with Crippen LogP contribution in [0.15, 0.2) is 0 Å². The highest BCUT2D eigenvalue weighted by Gasteiger charge is 1.90. The number of nitrogens with one attached hydrogen (secondary N) is 1. The molecule has 0 spiro atoms. The lowest BCUT2D eigenvalue weighted by Crippen LogP contribution is -2.20. The third-order valence-corrected chi connectivity index (χ3v) is 1.50. The predicted octanol–water partition coefficient (Wildman–Crippen LogP) is 0.642. The molecule has 0 rings (SSSR count). The highest BCUT2D eigenvalue weighted by molar-refractivity contribution is 5.72. The maximum Gasteiger partial charge on any atom is 0.216 e. The molecule has 0 saturated carbocycles. The Balaban J connectivity index is 2.85. The standard InChI is InChI=1S/C8H18N2O/c1-8(11)10-7-5-3-2-4-6-9/h2-7,9H2,1H3,(H,10,11). The van der Waals surface area contributed by atoms with Gasteiger partial charge in [0.25, 0.3) is 0 Å². The van der Waals surface area contributed by atoms with Gasteiger partial charge in [0.05, 0.1) is 0 Å². The van der Waals surface area contributed by atoms with Crippen LogP contribution in [-0.4, -0.2) is 19.0 Å². The Kier molecular flexibility index (Phi) is 7.15. The minimum Gasteiger partial charge on any atom is -0.356 e. The summed E-state index contributed by atoms with van der Waals surface area (Å²) in [4.78, 5) is 10.4. The summed E-state index contributed by atoms with van der Waals surface area (Å²) in [7, 11) is 0. The van der Waals surface area contributed by atoms with Crippen LogP contribution in [0.2, 0.25) is 0 Å². The Labute approximate surface area is 68.3 Å². The molecule has 0 aromatic rings. The van der Waals surface area contributed by atoms with Gasteiger partial charge in [-0.1, -0.05) is 12.8 Å². The number of nitrogens with two attached hydrogens (primary N) is 1.